The summed E-state index contributed by atoms with van der Waals surface area (Å²) in [5, 5.41) is 0. The highest BCUT2D eigenvalue weighted by molar-refractivity contribution is 7.89. The van der Waals surface area contributed by atoms with E-state index in [0.717, 1.165) is 17.5 Å². The third-order valence-electron chi connectivity index (χ3n) is 3.94. The van der Waals surface area contributed by atoms with E-state index in [2.05, 4.69) is 4.98 Å². The SMILES string of the molecule is CN(C(=O)Cn1c(CS(C)(=O)=O)nc2ccccc21)c1ccccc1. The van der Waals surface area contributed by atoms with Gasteiger partial charge >= 0.3 is 0 Å². The van der Waals surface area contributed by atoms with Gasteiger partial charge in [-0.15, -0.1) is 0 Å². The molecule has 0 aliphatic carbocycles. The van der Waals surface area contributed by atoms with Crippen molar-refractivity contribution < 1.29 is 13.2 Å². The van der Waals surface area contributed by atoms with E-state index in [4.69, 9.17) is 0 Å². The molecule has 7 heteroatoms. The van der Waals surface area contributed by atoms with Crippen molar-refractivity contribution in [1.29, 1.82) is 0 Å². The molecule has 0 spiro atoms. The fraction of sp³-hybridized carbons (Fsp3) is 0.222. The van der Waals surface area contributed by atoms with Gasteiger partial charge in [-0.3, -0.25) is 4.79 Å². The van der Waals surface area contributed by atoms with Gasteiger partial charge in [0.25, 0.3) is 0 Å². The van der Waals surface area contributed by atoms with E-state index in [1.54, 1.807) is 16.5 Å². The monoisotopic (exact) mass is 357 g/mol. The zero-order valence-electron chi connectivity index (χ0n) is 14.1. The predicted octanol–water partition coefficient (Wildman–Crippen LogP) is 2.24. The van der Waals surface area contributed by atoms with Crippen LogP contribution in [-0.4, -0.2) is 37.2 Å². The normalized spacial score (nSPS) is 11.6. The van der Waals surface area contributed by atoms with Gasteiger partial charge in [0.1, 0.15) is 18.1 Å². The molecule has 1 heterocycles. The number of hydrogen-bond donors (Lipinski definition) is 0. The summed E-state index contributed by atoms with van der Waals surface area (Å²) in [5.74, 6) is 0.0203. The Labute approximate surface area is 146 Å². The van der Waals surface area contributed by atoms with Crippen molar-refractivity contribution in [2.75, 3.05) is 18.2 Å². The van der Waals surface area contributed by atoms with Crippen molar-refractivity contribution in [3.63, 3.8) is 0 Å². The molecule has 0 aliphatic rings. The van der Waals surface area contributed by atoms with Crippen molar-refractivity contribution in [2.45, 2.75) is 12.3 Å². The van der Waals surface area contributed by atoms with Gasteiger partial charge in [0.15, 0.2) is 9.84 Å². The first kappa shape index (κ1) is 17.2. The molecule has 0 saturated heterocycles. The maximum absolute atomic E-state index is 12.7. The number of imidazole rings is 1. The number of amides is 1. The predicted molar refractivity (Wildman–Crippen MR) is 98.1 cm³/mol. The Balaban J connectivity index is 1.97. The molecule has 2 aromatic carbocycles. The summed E-state index contributed by atoms with van der Waals surface area (Å²) < 4.78 is 25.1. The van der Waals surface area contributed by atoms with E-state index < -0.39 is 9.84 Å². The summed E-state index contributed by atoms with van der Waals surface area (Å²) in [6.07, 6.45) is 1.16. The van der Waals surface area contributed by atoms with Gasteiger partial charge in [-0.1, -0.05) is 30.3 Å². The molecule has 0 aliphatic heterocycles. The largest absolute Gasteiger partial charge is 0.318 e. The molecule has 1 amide bonds. The molecule has 3 aromatic rings. The number of para-hydroxylation sites is 3. The molecule has 0 saturated carbocycles. The Morgan fingerprint density at radius 2 is 1.72 bits per heavy atom. The van der Waals surface area contributed by atoms with Crippen LogP contribution in [0.4, 0.5) is 5.69 Å². The highest BCUT2D eigenvalue weighted by Gasteiger charge is 2.19. The fourth-order valence-electron chi connectivity index (χ4n) is 2.68. The van der Waals surface area contributed by atoms with E-state index in [1.165, 1.54) is 0 Å². The molecule has 25 heavy (non-hydrogen) atoms. The van der Waals surface area contributed by atoms with Gasteiger partial charge in [-0.2, -0.15) is 0 Å². The van der Waals surface area contributed by atoms with Crippen LogP contribution in [0.1, 0.15) is 5.82 Å². The van der Waals surface area contributed by atoms with E-state index in [-0.39, 0.29) is 18.2 Å². The van der Waals surface area contributed by atoms with Crippen LogP contribution in [-0.2, 0) is 26.9 Å². The molecule has 0 bridgehead atoms. The molecule has 6 nitrogen and oxygen atoms in total. The molecule has 0 atom stereocenters. The number of fused-ring (bicyclic) bond motifs is 1. The number of hydrogen-bond acceptors (Lipinski definition) is 4. The molecular formula is C18H19N3O3S. The first-order valence-electron chi connectivity index (χ1n) is 7.78. The van der Waals surface area contributed by atoms with Crippen LogP contribution in [0.5, 0.6) is 0 Å². The van der Waals surface area contributed by atoms with Crippen LogP contribution >= 0.6 is 0 Å². The van der Waals surface area contributed by atoms with Gasteiger partial charge in [-0.05, 0) is 24.3 Å². The first-order chi connectivity index (χ1) is 11.8. The average Bonchev–Trinajstić information content (AvgIpc) is 2.90. The van der Waals surface area contributed by atoms with Crippen LogP contribution in [0.3, 0.4) is 0 Å². The van der Waals surface area contributed by atoms with Crippen molar-refractivity contribution in [3.8, 4) is 0 Å². The molecule has 0 unspecified atom stereocenters. The topological polar surface area (TPSA) is 72.3 Å². The zero-order chi connectivity index (χ0) is 18.0. The van der Waals surface area contributed by atoms with Crippen molar-refractivity contribution >= 4 is 32.5 Å². The Hall–Kier alpha value is -2.67. The number of aromatic nitrogens is 2. The minimum absolute atomic E-state index is 0.0246. The summed E-state index contributed by atoms with van der Waals surface area (Å²) in [7, 11) is -1.56. The van der Waals surface area contributed by atoms with E-state index in [9.17, 15) is 13.2 Å². The van der Waals surface area contributed by atoms with E-state index >= 15 is 0 Å². The lowest BCUT2D eigenvalue weighted by atomic mass is 10.3. The summed E-state index contributed by atoms with van der Waals surface area (Å²) in [5.41, 5.74) is 2.20. The molecule has 1 aromatic heterocycles. The number of carbonyl (C=O) groups excluding carboxylic acids is 1. The second-order valence-corrected chi connectivity index (χ2v) is 8.10. The number of nitrogens with zero attached hydrogens (tertiary/aromatic N) is 3. The Morgan fingerprint density at radius 3 is 2.40 bits per heavy atom. The highest BCUT2D eigenvalue weighted by atomic mass is 32.2. The van der Waals surface area contributed by atoms with Crippen molar-refractivity contribution in [1.82, 2.24) is 9.55 Å². The van der Waals surface area contributed by atoms with Gasteiger partial charge in [0.05, 0.1) is 11.0 Å². The fourth-order valence-corrected chi connectivity index (χ4v) is 3.37. The maximum atomic E-state index is 12.7. The summed E-state index contributed by atoms with van der Waals surface area (Å²) in [6.45, 7) is 0.0246. The second-order valence-electron chi connectivity index (χ2n) is 5.96. The summed E-state index contributed by atoms with van der Waals surface area (Å²) >= 11 is 0. The van der Waals surface area contributed by atoms with Crippen LogP contribution in [0, 0.1) is 0 Å². The van der Waals surface area contributed by atoms with Gasteiger partial charge in [-0.25, -0.2) is 13.4 Å². The summed E-state index contributed by atoms with van der Waals surface area (Å²) in [6, 6.07) is 16.6. The molecule has 0 radical (unpaired) electrons. The van der Waals surface area contributed by atoms with Gasteiger partial charge < -0.3 is 9.47 Å². The number of benzene rings is 2. The zero-order valence-corrected chi connectivity index (χ0v) is 14.9. The van der Waals surface area contributed by atoms with Crippen LogP contribution in [0.2, 0.25) is 0 Å². The second kappa shape index (κ2) is 6.68. The Kier molecular flexibility index (Phi) is 4.59. The van der Waals surface area contributed by atoms with Crippen LogP contribution in [0.25, 0.3) is 11.0 Å². The van der Waals surface area contributed by atoms with E-state index in [0.29, 0.717) is 11.3 Å². The average molecular weight is 357 g/mol. The number of likely N-dealkylation sites (N-methyl/N-ethyl adjacent to an activating group) is 1. The lowest BCUT2D eigenvalue weighted by Crippen LogP contribution is -2.30. The first-order valence-corrected chi connectivity index (χ1v) is 9.85. The molecule has 3 rings (SSSR count). The Bertz CT molecular complexity index is 1010. The minimum atomic E-state index is -3.26. The van der Waals surface area contributed by atoms with Crippen LogP contribution in [0.15, 0.2) is 54.6 Å². The van der Waals surface area contributed by atoms with Crippen molar-refractivity contribution in [2.24, 2.45) is 0 Å². The molecule has 0 fully saturated rings. The number of carbonyl (C=O) groups is 1. The number of rotatable bonds is 5. The number of sulfone groups is 1. The lowest BCUT2D eigenvalue weighted by Gasteiger charge is -2.18. The lowest BCUT2D eigenvalue weighted by molar-refractivity contribution is -0.118. The minimum Gasteiger partial charge on any atom is -0.318 e. The quantitative estimate of drug-likeness (QED) is 0.702. The van der Waals surface area contributed by atoms with Crippen molar-refractivity contribution in [3.05, 3.63) is 60.4 Å². The maximum Gasteiger partial charge on any atom is 0.246 e. The summed E-state index contributed by atoms with van der Waals surface area (Å²) in [4.78, 5) is 18.7. The van der Waals surface area contributed by atoms with Gasteiger partial charge in [0, 0.05) is 19.0 Å². The van der Waals surface area contributed by atoms with Gasteiger partial charge in [0.2, 0.25) is 5.91 Å². The smallest absolute Gasteiger partial charge is 0.246 e. The third-order valence-corrected chi connectivity index (χ3v) is 4.72. The highest BCUT2D eigenvalue weighted by Crippen LogP contribution is 2.19. The van der Waals surface area contributed by atoms with Crippen LogP contribution < -0.4 is 4.90 Å². The molecule has 130 valence electrons. The van der Waals surface area contributed by atoms with E-state index in [1.807, 2.05) is 54.6 Å². The molecular weight excluding hydrogens is 338 g/mol. The third kappa shape index (κ3) is 3.88. The Morgan fingerprint density at radius 1 is 1.08 bits per heavy atom. The molecule has 0 N–H and O–H groups in total. The standard InChI is InChI=1S/C18H19N3O3S/c1-20(14-8-4-3-5-9-14)18(22)12-21-16-11-7-6-10-15(16)19-17(21)13-25(2,23)24/h3-11H,12-13H2,1-2H3. The number of anilines is 1.